The molecule has 9 heteroatoms. The molecule has 1 aromatic rings. The van der Waals surface area contributed by atoms with E-state index in [2.05, 4.69) is 0 Å². The molecule has 0 aliphatic heterocycles. The molecule has 1 aromatic carbocycles. The highest BCUT2D eigenvalue weighted by atomic mass is 35.5. The lowest BCUT2D eigenvalue weighted by Gasteiger charge is -2.36. The number of carbonyl (C=O) groups is 1. The molecule has 0 spiro atoms. The maximum atomic E-state index is 12.6. The first-order valence-electron chi connectivity index (χ1n) is 7.97. The Morgan fingerprint density at radius 2 is 1.88 bits per heavy atom. The summed E-state index contributed by atoms with van der Waals surface area (Å²) in [6, 6.07) is 4.10. The third-order valence-corrected chi connectivity index (χ3v) is 6.33. The van der Waals surface area contributed by atoms with Gasteiger partial charge in [0, 0.05) is 7.05 Å². The zero-order chi connectivity index (χ0) is 18.8. The molecule has 1 amide bonds. The number of likely N-dealkylation sites (N-methyl/N-ethyl adjacent to an activating group) is 1. The molecule has 25 heavy (non-hydrogen) atoms. The van der Waals surface area contributed by atoms with Crippen LogP contribution in [0.5, 0.6) is 0 Å². The van der Waals surface area contributed by atoms with Crippen molar-refractivity contribution in [2.45, 2.75) is 37.8 Å². The summed E-state index contributed by atoms with van der Waals surface area (Å²) < 4.78 is 25.3. The van der Waals surface area contributed by atoms with Gasteiger partial charge in [0.05, 0.1) is 34.1 Å². The fourth-order valence-corrected chi connectivity index (χ4v) is 4.14. The smallest absolute Gasteiger partial charge is 0.243 e. The molecule has 2 rings (SSSR count). The molecule has 2 unspecified atom stereocenters. The fourth-order valence-electron chi connectivity index (χ4n) is 3.00. The van der Waals surface area contributed by atoms with E-state index in [-0.39, 0.29) is 29.2 Å². The molecule has 6 nitrogen and oxygen atoms in total. The van der Waals surface area contributed by atoms with Crippen LogP contribution in [0.1, 0.15) is 25.7 Å². The maximum absolute atomic E-state index is 12.6. The van der Waals surface area contributed by atoms with Gasteiger partial charge in [0.2, 0.25) is 15.9 Å². The van der Waals surface area contributed by atoms with Gasteiger partial charge in [-0.3, -0.25) is 9.10 Å². The number of aliphatic hydroxyl groups excluding tert-OH is 1. The lowest BCUT2D eigenvalue weighted by Crippen LogP contribution is -2.50. The van der Waals surface area contributed by atoms with Gasteiger partial charge in [0.25, 0.3) is 0 Å². The van der Waals surface area contributed by atoms with Gasteiger partial charge in [-0.15, -0.1) is 0 Å². The quantitative estimate of drug-likeness (QED) is 0.811. The summed E-state index contributed by atoms with van der Waals surface area (Å²) in [5.74, 6) is -0.387. The van der Waals surface area contributed by atoms with Gasteiger partial charge >= 0.3 is 0 Å². The molecule has 1 aliphatic rings. The van der Waals surface area contributed by atoms with Crippen LogP contribution in [-0.2, 0) is 14.8 Å². The largest absolute Gasteiger partial charge is 0.391 e. The van der Waals surface area contributed by atoms with E-state index in [1.54, 1.807) is 7.05 Å². The molecular formula is C16H22Cl2N2O4S. The van der Waals surface area contributed by atoms with Gasteiger partial charge < -0.3 is 10.0 Å². The Hall–Kier alpha value is -1.02. The van der Waals surface area contributed by atoms with Crippen molar-refractivity contribution in [3.05, 3.63) is 28.2 Å². The number of amides is 1. The Balaban J connectivity index is 2.22. The van der Waals surface area contributed by atoms with E-state index in [1.807, 2.05) is 0 Å². The van der Waals surface area contributed by atoms with Gasteiger partial charge in [-0.1, -0.05) is 36.0 Å². The lowest BCUT2D eigenvalue weighted by molar-refractivity contribution is -0.133. The summed E-state index contributed by atoms with van der Waals surface area (Å²) in [6.45, 7) is -0.365. The van der Waals surface area contributed by atoms with E-state index in [4.69, 9.17) is 23.2 Å². The second-order valence-corrected chi connectivity index (χ2v) is 9.01. The molecule has 1 fully saturated rings. The molecule has 0 bridgehead atoms. The Kier molecular flexibility index (Phi) is 6.59. The number of sulfonamides is 1. The van der Waals surface area contributed by atoms with Crippen LogP contribution in [0.2, 0.25) is 10.0 Å². The van der Waals surface area contributed by atoms with Crippen molar-refractivity contribution in [3.63, 3.8) is 0 Å². The van der Waals surface area contributed by atoms with Gasteiger partial charge in [-0.25, -0.2) is 8.42 Å². The molecule has 1 N–H and O–H groups in total. The SMILES string of the molecule is CN(C(=O)CN(c1ccc(Cl)c(Cl)c1)S(C)(=O)=O)C1CCCCC1O. The van der Waals surface area contributed by atoms with Crippen molar-refractivity contribution in [3.8, 4) is 0 Å². The summed E-state index contributed by atoms with van der Waals surface area (Å²) in [5.41, 5.74) is 0.267. The highest BCUT2D eigenvalue weighted by Gasteiger charge is 2.31. The molecule has 1 aliphatic carbocycles. The molecule has 140 valence electrons. The summed E-state index contributed by atoms with van der Waals surface area (Å²) in [6.07, 6.45) is 3.65. The van der Waals surface area contributed by atoms with Gasteiger partial charge in [-0.05, 0) is 31.0 Å². The number of hydrogen-bond acceptors (Lipinski definition) is 4. The first-order valence-corrected chi connectivity index (χ1v) is 10.6. The zero-order valence-corrected chi connectivity index (χ0v) is 16.5. The Bertz CT molecular complexity index is 742. The second kappa shape index (κ2) is 8.12. The van der Waals surface area contributed by atoms with Crippen molar-refractivity contribution >= 4 is 44.8 Å². The van der Waals surface area contributed by atoms with Crippen LogP contribution in [-0.4, -0.2) is 56.3 Å². The minimum Gasteiger partial charge on any atom is -0.391 e. The molecule has 0 saturated heterocycles. The van der Waals surface area contributed by atoms with Crippen LogP contribution < -0.4 is 4.31 Å². The average molecular weight is 409 g/mol. The van der Waals surface area contributed by atoms with Gasteiger partial charge in [0.15, 0.2) is 0 Å². The van der Waals surface area contributed by atoms with Crippen LogP contribution >= 0.6 is 23.2 Å². The fraction of sp³-hybridized carbons (Fsp3) is 0.562. The Morgan fingerprint density at radius 3 is 2.44 bits per heavy atom. The van der Waals surface area contributed by atoms with E-state index in [0.717, 1.165) is 23.4 Å². The molecular weight excluding hydrogens is 387 g/mol. The summed E-state index contributed by atoms with van der Waals surface area (Å²) in [4.78, 5) is 14.1. The number of nitrogens with zero attached hydrogens (tertiary/aromatic N) is 2. The Morgan fingerprint density at radius 1 is 1.24 bits per heavy atom. The minimum absolute atomic E-state index is 0.205. The predicted octanol–water partition coefficient (Wildman–Crippen LogP) is 2.52. The van der Waals surface area contributed by atoms with E-state index in [0.29, 0.717) is 17.9 Å². The molecule has 2 atom stereocenters. The number of benzene rings is 1. The summed E-state index contributed by atoms with van der Waals surface area (Å²) >= 11 is 11.8. The van der Waals surface area contributed by atoms with Crippen LogP contribution in [0.4, 0.5) is 5.69 Å². The zero-order valence-electron chi connectivity index (χ0n) is 14.2. The first-order chi connectivity index (χ1) is 11.6. The third kappa shape index (κ3) is 5.00. The normalized spacial score (nSPS) is 21.0. The topological polar surface area (TPSA) is 77.9 Å². The number of aliphatic hydroxyl groups is 1. The first kappa shape index (κ1) is 20.3. The highest BCUT2D eigenvalue weighted by Crippen LogP contribution is 2.29. The van der Waals surface area contributed by atoms with Crippen LogP contribution in [0.25, 0.3) is 0 Å². The van der Waals surface area contributed by atoms with E-state index in [9.17, 15) is 18.3 Å². The van der Waals surface area contributed by atoms with Gasteiger partial charge in [0.1, 0.15) is 6.54 Å². The molecule has 1 saturated carbocycles. The van der Waals surface area contributed by atoms with Crippen LogP contribution in [0, 0.1) is 0 Å². The van der Waals surface area contributed by atoms with Crippen LogP contribution in [0.15, 0.2) is 18.2 Å². The van der Waals surface area contributed by atoms with Crippen molar-refractivity contribution < 1.29 is 18.3 Å². The number of carbonyl (C=O) groups excluding carboxylic acids is 1. The van der Waals surface area contributed by atoms with E-state index < -0.39 is 16.1 Å². The van der Waals surface area contributed by atoms with E-state index in [1.165, 1.54) is 23.1 Å². The molecule has 0 radical (unpaired) electrons. The monoisotopic (exact) mass is 408 g/mol. The number of anilines is 1. The van der Waals surface area contributed by atoms with Crippen molar-refractivity contribution in [1.82, 2.24) is 4.90 Å². The number of rotatable bonds is 5. The van der Waals surface area contributed by atoms with E-state index >= 15 is 0 Å². The summed E-state index contributed by atoms with van der Waals surface area (Å²) in [5, 5.41) is 10.6. The predicted molar refractivity (Wildman–Crippen MR) is 99.7 cm³/mol. The minimum atomic E-state index is -3.70. The third-order valence-electron chi connectivity index (χ3n) is 4.46. The van der Waals surface area contributed by atoms with Crippen LogP contribution in [0.3, 0.4) is 0 Å². The van der Waals surface area contributed by atoms with Crippen molar-refractivity contribution in [1.29, 1.82) is 0 Å². The highest BCUT2D eigenvalue weighted by molar-refractivity contribution is 7.92. The molecule has 0 heterocycles. The average Bonchev–Trinajstić information content (AvgIpc) is 2.54. The standard InChI is InChI=1S/C16H22Cl2N2O4S/c1-19(14-5-3-4-6-15(14)21)16(22)10-20(25(2,23)24)11-7-8-12(17)13(18)9-11/h7-9,14-15,21H,3-6,10H2,1-2H3. The number of hydrogen-bond donors (Lipinski definition) is 1. The van der Waals surface area contributed by atoms with Crippen molar-refractivity contribution in [2.75, 3.05) is 24.2 Å². The summed E-state index contributed by atoms with van der Waals surface area (Å²) in [7, 11) is -2.10. The lowest BCUT2D eigenvalue weighted by atomic mass is 9.91. The number of halogens is 2. The van der Waals surface area contributed by atoms with Crippen molar-refractivity contribution in [2.24, 2.45) is 0 Å². The second-order valence-electron chi connectivity index (χ2n) is 6.29. The Labute approximate surface area is 158 Å². The maximum Gasteiger partial charge on any atom is 0.243 e. The molecule has 0 aromatic heterocycles. The van der Waals surface area contributed by atoms with Gasteiger partial charge in [-0.2, -0.15) is 0 Å².